The minimum Gasteiger partial charge on any atom is -0.382 e. The van der Waals surface area contributed by atoms with Crippen LogP contribution in [0, 0.1) is 11.3 Å². The molecule has 0 aliphatic heterocycles. The zero-order valence-corrected chi connectivity index (χ0v) is 21.9. The SMILES string of the molecule is N#Cc1cc(-c2ccc(S(=O)(=O)C3CCC(Nc4ccc(S(F)(F)(F)(F)F)cc4)CC3)cc2)cn2ccnc12. The third-order valence-corrected chi connectivity index (χ3v) is 10.3. The minimum atomic E-state index is -9.73. The summed E-state index contributed by atoms with van der Waals surface area (Å²) in [5.74, 6) is 0. The highest BCUT2D eigenvalue weighted by atomic mass is 32.5. The topological polar surface area (TPSA) is 87.3 Å². The van der Waals surface area contributed by atoms with Crippen LogP contribution in [0.15, 0.2) is 83.0 Å². The molecule has 1 aliphatic carbocycles. The zero-order chi connectivity index (χ0) is 28.1. The molecule has 1 aliphatic rings. The van der Waals surface area contributed by atoms with Crippen molar-refractivity contribution in [1.82, 2.24) is 9.38 Å². The largest absolute Gasteiger partial charge is 0.382 e. The van der Waals surface area contributed by atoms with Crippen LogP contribution in [0.25, 0.3) is 16.8 Å². The number of hydrogen-bond acceptors (Lipinski definition) is 5. The lowest BCUT2D eigenvalue weighted by Gasteiger charge is -2.40. The van der Waals surface area contributed by atoms with Gasteiger partial charge in [0, 0.05) is 30.3 Å². The van der Waals surface area contributed by atoms with Gasteiger partial charge in [0.05, 0.1) is 15.7 Å². The highest BCUT2D eigenvalue weighted by molar-refractivity contribution is 8.45. The molecule has 0 spiro atoms. The second kappa shape index (κ2) is 8.69. The van der Waals surface area contributed by atoms with E-state index in [2.05, 4.69) is 16.4 Å². The summed E-state index contributed by atoms with van der Waals surface area (Å²) >= 11 is 0. The average molecular weight is 583 g/mol. The maximum absolute atomic E-state index is 13.3. The smallest absolute Gasteiger partial charge is 0.310 e. The number of fused-ring (bicyclic) bond motifs is 1. The van der Waals surface area contributed by atoms with Crippen LogP contribution >= 0.6 is 10.2 Å². The Morgan fingerprint density at radius 2 is 1.56 bits per heavy atom. The Balaban J connectivity index is 1.24. The summed E-state index contributed by atoms with van der Waals surface area (Å²) in [4.78, 5) is 2.39. The van der Waals surface area contributed by atoms with Crippen LogP contribution in [0.5, 0.6) is 0 Å². The van der Waals surface area contributed by atoms with Gasteiger partial charge in [-0.15, -0.1) is 0 Å². The van der Waals surface area contributed by atoms with Gasteiger partial charge in [-0.25, -0.2) is 13.4 Å². The summed E-state index contributed by atoms with van der Waals surface area (Å²) in [5.41, 5.74) is 2.67. The van der Waals surface area contributed by atoms with Crippen molar-refractivity contribution in [3.63, 3.8) is 0 Å². The van der Waals surface area contributed by atoms with E-state index in [0.29, 0.717) is 49.0 Å². The Morgan fingerprint density at radius 1 is 0.923 bits per heavy atom. The fraction of sp³-hybridized carbons (Fsp3) is 0.231. The minimum absolute atomic E-state index is 0.179. The lowest BCUT2D eigenvalue weighted by Crippen LogP contribution is -2.32. The Labute approximate surface area is 221 Å². The van der Waals surface area contributed by atoms with Gasteiger partial charge in [-0.2, -0.15) is 5.26 Å². The Morgan fingerprint density at radius 3 is 2.15 bits per heavy atom. The van der Waals surface area contributed by atoms with Gasteiger partial charge in [-0.05, 0) is 79.3 Å². The molecule has 0 bridgehead atoms. The summed E-state index contributed by atoms with van der Waals surface area (Å²) in [6, 6.07) is 12.7. The maximum Gasteiger partial charge on any atom is 0.310 e. The van der Waals surface area contributed by atoms with E-state index < -0.39 is 30.2 Å². The van der Waals surface area contributed by atoms with Crippen LogP contribution in [0.1, 0.15) is 31.2 Å². The molecule has 0 atom stereocenters. The molecule has 0 unspecified atom stereocenters. The number of nitrogens with one attached hydrogen (secondary N) is 1. The summed E-state index contributed by atoms with van der Waals surface area (Å²) < 4.78 is 92.9. The normalized spacial score (nSPS) is 20.1. The van der Waals surface area contributed by atoms with Crippen molar-refractivity contribution in [1.29, 1.82) is 5.26 Å². The molecule has 2 aromatic heterocycles. The van der Waals surface area contributed by atoms with Crippen molar-refractivity contribution in [3.8, 4) is 17.2 Å². The lowest BCUT2D eigenvalue weighted by atomic mass is 9.95. The number of halogens is 5. The van der Waals surface area contributed by atoms with Crippen molar-refractivity contribution >= 4 is 31.4 Å². The number of nitrogens with zero attached hydrogens (tertiary/aromatic N) is 3. The van der Waals surface area contributed by atoms with Crippen LogP contribution < -0.4 is 5.32 Å². The van der Waals surface area contributed by atoms with Gasteiger partial charge in [0.1, 0.15) is 11.0 Å². The van der Waals surface area contributed by atoms with Crippen molar-refractivity contribution in [3.05, 3.63) is 78.8 Å². The van der Waals surface area contributed by atoms with E-state index in [9.17, 15) is 33.1 Å². The molecule has 39 heavy (non-hydrogen) atoms. The average Bonchev–Trinajstić information content (AvgIpc) is 3.36. The van der Waals surface area contributed by atoms with Crippen molar-refractivity contribution in [2.75, 3.05) is 5.32 Å². The standard InChI is InChI=1S/C26H23F5N4O2S2/c27-39(28,29,30,31)25-11-5-22(6-12-25)34-21-3-9-24(10-4-21)38(36,37)23-7-1-18(2-8-23)20-15-19(16-32)26-33-13-14-35(26)17-20/h1-2,5-8,11-15,17,21,24,34H,3-4,9-10H2. The number of aromatic nitrogens is 2. The summed E-state index contributed by atoms with van der Waals surface area (Å²) in [6.45, 7) is 0. The molecule has 5 rings (SSSR count). The Kier molecular flexibility index (Phi) is 6.01. The molecule has 206 valence electrons. The van der Waals surface area contributed by atoms with Gasteiger partial charge in [0.2, 0.25) is 0 Å². The number of nitriles is 1. The zero-order valence-electron chi connectivity index (χ0n) is 20.3. The van der Waals surface area contributed by atoms with Crippen molar-refractivity contribution in [2.24, 2.45) is 0 Å². The third-order valence-electron chi connectivity index (χ3n) is 6.91. The Bertz CT molecular complexity index is 1690. The molecule has 1 saturated carbocycles. The van der Waals surface area contributed by atoms with E-state index in [1.807, 2.05) is 6.20 Å². The highest BCUT2D eigenvalue weighted by Gasteiger charge is 2.65. The fourth-order valence-corrected chi connectivity index (χ4v) is 7.31. The predicted octanol–water partition coefficient (Wildman–Crippen LogP) is 7.73. The molecule has 6 nitrogen and oxygen atoms in total. The van der Waals surface area contributed by atoms with Crippen LogP contribution in [0.3, 0.4) is 0 Å². The third kappa shape index (κ3) is 5.58. The lowest BCUT2D eigenvalue weighted by molar-refractivity contribution is 0.364. The van der Waals surface area contributed by atoms with E-state index in [-0.39, 0.29) is 16.6 Å². The molecule has 2 heterocycles. The molecule has 4 aromatic rings. The van der Waals surface area contributed by atoms with Crippen molar-refractivity contribution < 1.29 is 27.8 Å². The van der Waals surface area contributed by atoms with Gasteiger partial charge >= 0.3 is 10.2 Å². The second-order valence-electron chi connectivity index (χ2n) is 9.59. The first-order valence-corrected chi connectivity index (χ1v) is 15.5. The van der Waals surface area contributed by atoms with Gasteiger partial charge < -0.3 is 9.72 Å². The molecule has 1 N–H and O–H groups in total. The number of anilines is 1. The van der Waals surface area contributed by atoms with Crippen LogP contribution in [-0.4, -0.2) is 29.1 Å². The first kappa shape index (κ1) is 27.0. The number of hydrogen-bond donors (Lipinski definition) is 1. The second-order valence-corrected chi connectivity index (χ2v) is 14.2. The summed E-state index contributed by atoms with van der Waals surface area (Å²) in [6.07, 6.45) is 6.71. The molecule has 2 aromatic carbocycles. The number of imidazole rings is 1. The van der Waals surface area contributed by atoms with Crippen LogP contribution in [-0.2, 0) is 9.84 Å². The number of benzene rings is 2. The van der Waals surface area contributed by atoms with E-state index >= 15 is 0 Å². The van der Waals surface area contributed by atoms with Gasteiger partial charge in [0.15, 0.2) is 15.5 Å². The molecular formula is C26H23F5N4O2S2. The van der Waals surface area contributed by atoms with E-state index in [0.717, 1.165) is 23.3 Å². The van der Waals surface area contributed by atoms with Gasteiger partial charge in [-0.1, -0.05) is 31.6 Å². The van der Waals surface area contributed by atoms with Crippen LogP contribution in [0.4, 0.5) is 25.1 Å². The summed E-state index contributed by atoms with van der Waals surface area (Å²) in [5, 5.41) is 11.8. The Hall–Kier alpha value is -3.63. The highest BCUT2D eigenvalue weighted by Crippen LogP contribution is 3.02. The molecule has 0 saturated heterocycles. The molecular weight excluding hydrogens is 559 g/mol. The monoisotopic (exact) mass is 582 g/mol. The van der Waals surface area contributed by atoms with Gasteiger partial charge in [-0.3, -0.25) is 0 Å². The molecule has 1 fully saturated rings. The van der Waals surface area contributed by atoms with E-state index in [4.69, 9.17) is 0 Å². The molecule has 0 amide bonds. The molecule has 0 radical (unpaired) electrons. The van der Waals surface area contributed by atoms with E-state index in [1.165, 1.54) is 0 Å². The van der Waals surface area contributed by atoms with Crippen molar-refractivity contribution in [2.45, 2.75) is 46.8 Å². The number of rotatable bonds is 6. The molecule has 13 heteroatoms. The first-order valence-electron chi connectivity index (χ1n) is 12.0. The number of sulfone groups is 1. The fourth-order valence-electron chi connectivity index (χ4n) is 4.86. The quantitative estimate of drug-likeness (QED) is 0.235. The number of pyridine rings is 1. The summed E-state index contributed by atoms with van der Waals surface area (Å²) in [7, 11) is -13.4. The van der Waals surface area contributed by atoms with Crippen LogP contribution in [0.2, 0.25) is 0 Å². The first-order chi connectivity index (χ1) is 18.1. The van der Waals surface area contributed by atoms with Gasteiger partial charge in [0.25, 0.3) is 0 Å². The predicted molar refractivity (Wildman–Crippen MR) is 140 cm³/mol. The van der Waals surface area contributed by atoms with E-state index in [1.54, 1.807) is 47.1 Å². The maximum atomic E-state index is 13.3.